The first-order valence-corrected chi connectivity index (χ1v) is 7.92. The molecule has 4 rings (SSSR count). The van der Waals surface area contributed by atoms with Gasteiger partial charge in [0.2, 0.25) is 0 Å². The predicted octanol–water partition coefficient (Wildman–Crippen LogP) is 1.78. The number of amides is 1. The largest absolute Gasteiger partial charge is 0.450 e. The second-order valence-corrected chi connectivity index (χ2v) is 5.59. The number of anilines is 1. The van der Waals surface area contributed by atoms with Crippen LogP contribution in [0.25, 0.3) is 11.0 Å². The fourth-order valence-electron chi connectivity index (χ4n) is 2.96. The fraction of sp³-hybridized carbons (Fsp3) is 0.400. The topological polar surface area (TPSA) is 99.8 Å². The van der Waals surface area contributed by atoms with E-state index >= 15 is 0 Å². The maximum atomic E-state index is 11.5. The van der Waals surface area contributed by atoms with E-state index in [-0.39, 0.29) is 12.0 Å². The van der Waals surface area contributed by atoms with Gasteiger partial charge in [0.05, 0.1) is 24.7 Å². The summed E-state index contributed by atoms with van der Waals surface area (Å²) in [6, 6.07) is 8.05. The van der Waals surface area contributed by atoms with E-state index in [1.807, 2.05) is 33.6 Å². The van der Waals surface area contributed by atoms with Gasteiger partial charge in [-0.05, 0) is 25.5 Å². The molecule has 9 nitrogen and oxygen atoms in total. The number of hydrogen-bond acceptors (Lipinski definition) is 6. The zero-order valence-corrected chi connectivity index (χ0v) is 13.2. The van der Waals surface area contributed by atoms with Gasteiger partial charge >= 0.3 is 6.09 Å². The Bertz CT molecular complexity index is 885. The third-order valence-electron chi connectivity index (χ3n) is 4.05. The van der Waals surface area contributed by atoms with Crippen molar-refractivity contribution >= 4 is 23.1 Å². The van der Waals surface area contributed by atoms with Crippen LogP contribution in [0.2, 0.25) is 0 Å². The van der Waals surface area contributed by atoms with Crippen molar-refractivity contribution in [3.63, 3.8) is 0 Å². The quantitative estimate of drug-likeness (QED) is 0.787. The van der Waals surface area contributed by atoms with Crippen molar-refractivity contribution < 1.29 is 9.53 Å². The van der Waals surface area contributed by atoms with Crippen LogP contribution in [0.5, 0.6) is 0 Å². The van der Waals surface area contributed by atoms with Crippen molar-refractivity contribution in [3.8, 4) is 0 Å². The number of fused-ring (bicyclic) bond motifs is 2. The maximum Gasteiger partial charge on any atom is 0.414 e. The molecule has 1 atom stereocenters. The van der Waals surface area contributed by atoms with E-state index in [4.69, 9.17) is 4.74 Å². The van der Waals surface area contributed by atoms with Gasteiger partial charge in [-0.3, -0.25) is 5.32 Å². The maximum absolute atomic E-state index is 11.5. The molecular formula is C15H17N7O2. The van der Waals surface area contributed by atoms with Crippen LogP contribution in [0.3, 0.4) is 0 Å². The summed E-state index contributed by atoms with van der Waals surface area (Å²) in [5.74, 6) is 1.12. The van der Waals surface area contributed by atoms with Gasteiger partial charge in [-0.15, -0.1) is 10.2 Å². The van der Waals surface area contributed by atoms with E-state index in [9.17, 15) is 4.79 Å². The second-order valence-electron chi connectivity index (χ2n) is 5.59. The van der Waals surface area contributed by atoms with Crippen molar-refractivity contribution in [3.05, 3.63) is 30.1 Å². The molecule has 3 aromatic rings. The normalized spacial score (nSPS) is 16.8. The van der Waals surface area contributed by atoms with Crippen LogP contribution in [0.1, 0.15) is 25.2 Å². The highest BCUT2D eigenvalue weighted by molar-refractivity contribution is 5.82. The van der Waals surface area contributed by atoms with Crippen LogP contribution < -0.4 is 5.32 Å². The first-order valence-electron chi connectivity index (χ1n) is 7.92. The predicted molar refractivity (Wildman–Crippen MR) is 85.6 cm³/mol. The van der Waals surface area contributed by atoms with Crippen molar-refractivity contribution in [2.75, 3.05) is 11.9 Å². The van der Waals surface area contributed by atoms with Gasteiger partial charge in [0.25, 0.3) is 5.95 Å². The first-order chi connectivity index (χ1) is 11.7. The molecule has 1 aliphatic heterocycles. The molecule has 0 radical (unpaired) electrons. The van der Waals surface area contributed by atoms with E-state index in [1.165, 1.54) is 0 Å². The van der Waals surface area contributed by atoms with Crippen molar-refractivity contribution in [2.45, 2.75) is 32.4 Å². The number of ether oxygens (including phenoxy) is 1. The van der Waals surface area contributed by atoms with E-state index < -0.39 is 6.09 Å². The molecule has 1 unspecified atom stereocenters. The number of para-hydroxylation sites is 1. The van der Waals surface area contributed by atoms with Gasteiger partial charge in [0.15, 0.2) is 0 Å². The molecule has 2 aromatic heterocycles. The number of aryl methyl sites for hydroxylation is 1. The number of carbonyl (C=O) groups excluding carboxylic acids is 1. The summed E-state index contributed by atoms with van der Waals surface area (Å²) in [6.45, 7) is 2.69. The summed E-state index contributed by atoms with van der Waals surface area (Å²) in [6.07, 6.45) is 1.11. The molecule has 24 heavy (non-hydrogen) atoms. The highest BCUT2D eigenvalue weighted by atomic mass is 16.5. The van der Waals surface area contributed by atoms with Gasteiger partial charge in [-0.2, -0.15) is 4.98 Å². The second kappa shape index (κ2) is 5.91. The molecule has 0 fully saturated rings. The molecular weight excluding hydrogens is 310 g/mol. The molecule has 1 aromatic carbocycles. The lowest BCUT2D eigenvalue weighted by Crippen LogP contribution is -2.25. The fourth-order valence-corrected chi connectivity index (χ4v) is 2.96. The lowest BCUT2D eigenvalue weighted by molar-refractivity contribution is 0.167. The van der Waals surface area contributed by atoms with Crippen molar-refractivity contribution in [2.24, 2.45) is 0 Å². The van der Waals surface area contributed by atoms with Gasteiger partial charge in [0.1, 0.15) is 11.3 Å². The standard InChI is InChI=1S/C15H17N7O2/c1-2-24-15(23)17-14-16-13-8-7-10(9-21(13)19-14)22-12-6-4-3-5-11(12)18-20-22/h3-6,10H,2,7-9H2,1H3,(H,17,19,23). The lowest BCUT2D eigenvalue weighted by atomic mass is 10.1. The first kappa shape index (κ1) is 14.6. The SMILES string of the molecule is CCOC(=O)Nc1nc2n(n1)CC(n1nnc3ccccc31)CC2. The zero-order chi connectivity index (χ0) is 16.5. The van der Waals surface area contributed by atoms with Gasteiger partial charge in [0, 0.05) is 6.42 Å². The van der Waals surface area contributed by atoms with E-state index in [2.05, 4.69) is 25.7 Å². The van der Waals surface area contributed by atoms with E-state index in [0.717, 1.165) is 29.7 Å². The van der Waals surface area contributed by atoms with Gasteiger partial charge in [-0.25, -0.2) is 14.2 Å². The summed E-state index contributed by atoms with van der Waals surface area (Å²) in [5.41, 5.74) is 1.89. The molecule has 1 N–H and O–H groups in total. The summed E-state index contributed by atoms with van der Waals surface area (Å²) >= 11 is 0. The Morgan fingerprint density at radius 3 is 3.17 bits per heavy atom. The van der Waals surface area contributed by atoms with Crippen LogP contribution >= 0.6 is 0 Å². The van der Waals surface area contributed by atoms with Crippen LogP contribution in [0, 0.1) is 0 Å². The number of benzene rings is 1. The Morgan fingerprint density at radius 2 is 2.29 bits per heavy atom. The smallest absolute Gasteiger partial charge is 0.414 e. The number of carbonyl (C=O) groups is 1. The van der Waals surface area contributed by atoms with E-state index in [0.29, 0.717) is 13.2 Å². The Morgan fingerprint density at radius 1 is 1.42 bits per heavy atom. The number of rotatable bonds is 3. The molecule has 0 saturated carbocycles. The number of hydrogen-bond donors (Lipinski definition) is 1. The zero-order valence-electron chi connectivity index (χ0n) is 13.2. The molecule has 0 aliphatic carbocycles. The molecule has 9 heteroatoms. The molecule has 1 amide bonds. The lowest BCUT2D eigenvalue weighted by Gasteiger charge is -2.22. The minimum atomic E-state index is -0.542. The van der Waals surface area contributed by atoms with Gasteiger partial charge < -0.3 is 4.74 Å². The Labute approximate surface area is 137 Å². The summed E-state index contributed by atoms with van der Waals surface area (Å²) < 4.78 is 8.60. The van der Waals surface area contributed by atoms with Crippen molar-refractivity contribution in [1.82, 2.24) is 29.8 Å². The minimum absolute atomic E-state index is 0.155. The molecule has 0 spiro atoms. The molecule has 3 heterocycles. The third kappa shape index (κ3) is 2.57. The Hall–Kier alpha value is -2.97. The average molecular weight is 327 g/mol. The number of nitrogens with zero attached hydrogens (tertiary/aromatic N) is 6. The monoisotopic (exact) mass is 327 g/mol. The highest BCUT2D eigenvalue weighted by Gasteiger charge is 2.25. The number of nitrogens with one attached hydrogen (secondary N) is 1. The Kier molecular flexibility index (Phi) is 3.60. The van der Waals surface area contributed by atoms with E-state index in [1.54, 1.807) is 6.92 Å². The third-order valence-corrected chi connectivity index (χ3v) is 4.05. The molecule has 1 aliphatic rings. The molecule has 0 saturated heterocycles. The summed E-state index contributed by atoms with van der Waals surface area (Å²) in [5, 5.41) is 15.4. The summed E-state index contributed by atoms with van der Waals surface area (Å²) in [7, 11) is 0. The molecule has 124 valence electrons. The average Bonchev–Trinajstić information content (AvgIpc) is 3.17. The Balaban J connectivity index is 1.55. The molecule has 0 bridgehead atoms. The summed E-state index contributed by atoms with van der Waals surface area (Å²) in [4.78, 5) is 15.8. The highest BCUT2D eigenvalue weighted by Crippen LogP contribution is 2.26. The van der Waals surface area contributed by atoms with Crippen LogP contribution in [-0.4, -0.2) is 42.5 Å². The van der Waals surface area contributed by atoms with Gasteiger partial charge in [-0.1, -0.05) is 17.3 Å². The van der Waals surface area contributed by atoms with Crippen molar-refractivity contribution in [1.29, 1.82) is 0 Å². The minimum Gasteiger partial charge on any atom is -0.450 e. The number of aromatic nitrogens is 6. The van der Waals surface area contributed by atoms with Crippen LogP contribution in [-0.2, 0) is 17.7 Å². The van der Waals surface area contributed by atoms with Crippen LogP contribution in [0.4, 0.5) is 10.7 Å². The van der Waals surface area contributed by atoms with Crippen LogP contribution in [0.15, 0.2) is 24.3 Å².